The molecule has 1 aromatic heterocycles. The van der Waals surface area contributed by atoms with E-state index in [1.54, 1.807) is 4.90 Å². The van der Waals surface area contributed by atoms with Crippen LogP contribution < -0.4 is 5.32 Å². The summed E-state index contributed by atoms with van der Waals surface area (Å²) in [5, 5.41) is 12.0. The second kappa shape index (κ2) is 6.42. The SMILES string of the molecule is CC(C)(C)OC(=O)N1CCn2c(nnc2C2CCCN2)C1.Cl. The minimum absolute atomic E-state index is 0. The van der Waals surface area contributed by atoms with Crippen LogP contribution in [0.1, 0.15) is 51.3 Å². The standard InChI is InChI=1S/C14H23N5O2.ClH/c1-14(2,3)21-13(20)18-7-8-19-11(9-18)16-17-12(19)10-5-4-6-15-10;/h10,15H,4-9H2,1-3H3;1H. The Bertz CT molecular complexity index is 534. The Morgan fingerprint density at radius 2 is 2.09 bits per heavy atom. The van der Waals surface area contributed by atoms with Crippen molar-refractivity contribution in [1.29, 1.82) is 0 Å². The molecule has 8 heteroatoms. The maximum Gasteiger partial charge on any atom is 0.410 e. The van der Waals surface area contributed by atoms with Crippen molar-refractivity contribution in [3.05, 3.63) is 11.6 Å². The van der Waals surface area contributed by atoms with Gasteiger partial charge in [-0.25, -0.2) is 4.79 Å². The molecule has 0 bridgehead atoms. The van der Waals surface area contributed by atoms with Gasteiger partial charge in [0.2, 0.25) is 0 Å². The zero-order valence-corrected chi connectivity index (χ0v) is 14.2. The molecule has 3 rings (SSSR count). The highest BCUT2D eigenvalue weighted by Gasteiger charge is 2.30. The van der Waals surface area contributed by atoms with Crippen molar-refractivity contribution >= 4 is 18.5 Å². The number of aromatic nitrogens is 3. The van der Waals surface area contributed by atoms with Crippen molar-refractivity contribution in [3.8, 4) is 0 Å². The Hall–Kier alpha value is -1.34. The third-order valence-electron chi connectivity index (χ3n) is 3.81. The second-order valence-electron chi connectivity index (χ2n) is 6.68. The summed E-state index contributed by atoms with van der Waals surface area (Å²) in [6, 6.07) is 0.305. The van der Waals surface area contributed by atoms with Gasteiger partial charge in [-0.3, -0.25) is 4.90 Å². The van der Waals surface area contributed by atoms with Gasteiger partial charge in [0.25, 0.3) is 0 Å². The van der Waals surface area contributed by atoms with Gasteiger partial charge in [0, 0.05) is 13.1 Å². The molecule has 0 spiro atoms. The van der Waals surface area contributed by atoms with Crippen molar-refractivity contribution in [2.45, 2.75) is 58.3 Å². The average Bonchev–Trinajstić information content (AvgIpc) is 3.04. The lowest BCUT2D eigenvalue weighted by atomic mass is 10.2. The van der Waals surface area contributed by atoms with Crippen LogP contribution in [-0.4, -0.2) is 44.4 Å². The molecule has 22 heavy (non-hydrogen) atoms. The van der Waals surface area contributed by atoms with Gasteiger partial charge in [0.15, 0.2) is 5.82 Å². The monoisotopic (exact) mass is 329 g/mol. The largest absolute Gasteiger partial charge is 0.444 e. The number of hydrogen-bond donors (Lipinski definition) is 1. The zero-order valence-electron chi connectivity index (χ0n) is 13.3. The van der Waals surface area contributed by atoms with E-state index in [1.165, 1.54) is 6.42 Å². The molecule has 2 aliphatic heterocycles. The van der Waals surface area contributed by atoms with E-state index in [-0.39, 0.29) is 18.5 Å². The normalized spacial score (nSPS) is 21.2. The Kier molecular flexibility index (Phi) is 4.97. The fourth-order valence-corrected chi connectivity index (χ4v) is 2.83. The molecule has 1 atom stereocenters. The van der Waals surface area contributed by atoms with Crippen LogP contribution in [0, 0.1) is 0 Å². The van der Waals surface area contributed by atoms with Gasteiger partial charge in [-0.05, 0) is 40.2 Å². The zero-order chi connectivity index (χ0) is 15.0. The van der Waals surface area contributed by atoms with E-state index < -0.39 is 5.60 Å². The van der Waals surface area contributed by atoms with Crippen LogP contribution in [-0.2, 0) is 17.8 Å². The minimum Gasteiger partial charge on any atom is -0.444 e. The average molecular weight is 330 g/mol. The first-order valence-electron chi connectivity index (χ1n) is 7.57. The van der Waals surface area contributed by atoms with Gasteiger partial charge in [0.1, 0.15) is 11.4 Å². The van der Waals surface area contributed by atoms with Crippen molar-refractivity contribution < 1.29 is 9.53 Å². The lowest BCUT2D eigenvalue weighted by Crippen LogP contribution is -2.42. The number of ether oxygens (including phenoxy) is 1. The summed E-state index contributed by atoms with van der Waals surface area (Å²) in [6.45, 7) is 8.50. The smallest absolute Gasteiger partial charge is 0.410 e. The van der Waals surface area contributed by atoms with Crippen LogP contribution in [0.25, 0.3) is 0 Å². The number of halogens is 1. The number of nitrogens with one attached hydrogen (secondary N) is 1. The lowest BCUT2D eigenvalue weighted by Gasteiger charge is -2.30. The van der Waals surface area contributed by atoms with E-state index in [4.69, 9.17) is 4.74 Å². The van der Waals surface area contributed by atoms with Gasteiger partial charge in [0.05, 0.1) is 12.6 Å². The molecule has 1 saturated heterocycles. The van der Waals surface area contributed by atoms with Crippen LogP contribution in [0.4, 0.5) is 4.79 Å². The topological polar surface area (TPSA) is 72.3 Å². The molecule has 1 aromatic rings. The van der Waals surface area contributed by atoms with Crippen molar-refractivity contribution in [2.75, 3.05) is 13.1 Å². The molecule has 1 N–H and O–H groups in total. The number of hydrogen-bond acceptors (Lipinski definition) is 5. The molecule has 1 fully saturated rings. The summed E-state index contributed by atoms with van der Waals surface area (Å²) in [7, 11) is 0. The number of nitrogens with zero attached hydrogens (tertiary/aromatic N) is 4. The molecule has 7 nitrogen and oxygen atoms in total. The summed E-state index contributed by atoms with van der Waals surface area (Å²) in [6.07, 6.45) is 2.00. The molecular formula is C14H24ClN5O2. The molecule has 2 aliphatic rings. The third-order valence-corrected chi connectivity index (χ3v) is 3.81. The molecule has 124 valence electrons. The van der Waals surface area contributed by atoms with Gasteiger partial charge in [-0.15, -0.1) is 22.6 Å². The maximum atomic E-state index is 12.1. The van der Waals surface area contributed by atoms with Crippen LogP contribution in [0.2, 0.25) is 0 Å². The molecule has 0 aromatic carbocycles. The fourth-order valence-electron chi connectivity index (χ4n) is 2.83. The van der Waals surface area contributed by atoms with Crippen LogP contribution in [0.3, 0.4) is 0 Å². The molecule has 0 saturated carbocycles. The van der Waals surface area contributed by atoms with E-state index >= 15 is 0 Å². The van der Waals surface area contributed by atoms with Gasteiger partial charge >= 0.3 is 6.09 Å². The van der Waals surface area contributed by atoms with Crippen LogP contribution >= 0.6 is 12.4 Å². The first kappa shape index (κ1) is 17.0. The summed E-state index contributed by atoms with van der Waals surface area (Å²) in [5.41, 5.74) is -0.471. The summed E-state index contributed by atoms with van der Waals surface area (Å²) in [5.74, 6) is 1.85. The third kappa shape index (κ3) is 3.52. The summed E-state index contributed by atoms with van der Waals surface area (Å²) >= 11 is 0. The van der Waals surface area contributed by atoms with E-state index in [0.29, 0.717) is 19.1 Å². The Morgan fingerprint density at radius 3 is 2.73 bits per heavy atom. The highest BCUT2D eigenvalue weighted by molar-refractivity contribution is 5.85. The molecular weight excluding hydrogens is 306 g/mol. The van der Waals surface area contributed by atoms with E-state index in [2.05, 4.69) is 20.1 Å². The molecule has 1 amide bonds. The number of carbonyl (C=O) groups is 1. The first-order valence-corrected chi connectivity index (χ1v) is 7.57. The van der Waals surface area contributed by atoms with Gasteiger partial charge in [-0.2, -0.15) is 0 Å². The number of carbonyl (C=O) groups excluding carboxylic acids is 1. The van der Waals surface area contributed by atoms with Crippen LogP contribution in [0.15, 0.2) is 0 Å². The van der Waals surface area contributed by atoms with Crippen molar-refractivity contribution in [3.63, 3.8) is 0 Å². The highest BCUT2D eigenvalue weighted by atomic mass is 35.5. The quantitative estimate of drug-likeness (QED) is 0.851. The Labute approximate surface area is 136 Å². The van der Waals surface area contributed by atoms with Crippen LogP contribution in [0.5, 0.6) is 0 Å². The molecule has 0 aliphatic carbocycles. The number of amides is 1. The predicted octanol–water partition coefficient (Wildman–Crippen LogP) is 1.88. The predicted molar refractivity (Wildman–Crippen MR) is 83.9 cm³/mol. The number of fused-ring (bicyclic) bond motifs is 1. The van der Waals surface area contributed by atoms with Gasteiger partial charge in [-0.1, -0.05) is 0 Å². The molecule has 0 radical (unpaired) electrons. The lowest BCUT2D eigenvalue weighted by molar-refractivity contribution is 0.0194. The Balaban J connectivity index is 0.00000176. The van der Waals surface area contributed by atoms with E-state index in [1.807, 2.05) is 20.8 Å². The van der Waals surface area contributed by atoms with Gasteiger partial charge < -0.3 is 14.6 Å². The van der Waals surface area contributed by atoms with Crippen molar-refractivity contribution in [2.24, 2.45) is 0 Å². The van der Waals surface area contributed by atoms with E-state index in [9.17, 15) is 4.79 Å². The molecule has 1 unspecified atom stereocenters. The number of rotatable bonds is 1. The van der Waals surface area contributed by atoms with E-state index in [0.717, 1.165) is 31.2 Å². The van der Waals surface area contributed by atoms with Crippen molar-refractivity contribution in [1.82, 2.24) is 25.0 Å². The second-order valence-corrected chi connectivity index (χ2v) is 6.68. The maximum absolute atomic E-state index is 12.1. The Morgan fingerprint density at radius 1 is 1.32 bits per heavy atom. The first-order chi connectivity index (χ1) is 9.94. The molecule has 3 heterocycles. The highest BCUT2D eigenvalue weighted by Crippen LogP contribution is 2.24. The fraction of sp³-hybridized carbons (Fsp3) is 0.786. The summed E-state index contributed by atoms with van der Waals surface area (Å²) in [4.78, 5) is 13.8. The summed E-state index contributed by atoms with van der Waals surface area (Å²) < 4.78 is 7.56. The minimum atomic E-state index is -0.471.